The highest BCUT2D eigenvalue weighted by Gasteiger charge is 2.24. The van der Waals surface area contributed by atoms with Crippen LogP contribution in [0.15, 0.2) is 41.3 Å². The molecule has 1 amide bonds. The lowest BCUT2D eigenvalue weighted by molar-refractivity contribution is -0.146. The molecule has 0 spiro atoms. The van der Waals surface area contributed by atoms with Crippen molar-refractivity contribution in [1.82, 2.24) is 0 Å². The average Bonchev–Trinajstić information content (AvgIpc) is 2.64. The Bertz CT molecular complexity index is 892. The summed E-state index contributed by atoms with van der Waals surface area (Å²) in [5.41, 5.74) is -0.0587. The van der Waals surface area contributed by atoms with Gasteiger partial charge in [-0.2, -0.15) is 0 Å². The molecule has 0 aliphatic heterocycles. The first kappa shape index (κ1) is 23.2. The molecular formula is C21H22ClF2NO3S. The number of thioether (sulfide) groups is 1. The number of rotatable bonds is 8. The molecule has 0 aromatic heterocycles. The van der Waals surface area contributed by atoms with Gasteiger partial charge in [0.2, 0.25) is 0 Å². The van der Waals surface area contributed by atoms with Crippen molar-refractivity contribution in [2.45, 2.75) is 49.9 Å². The van der Waals surface area contributed by atoms with E-state index in [1.165, 1.54) is 24.3 Å². The third-order valence-corrected chi connectivity index (χ3v) is 5.52. The summed E-state index contributed by atoms with van der Waals surface area (Å²) in [6.45, 7) is 5.46. The Kier molecular flexibility index (Phi) is 8.46. The molecule has 0 aliphatic carbocycles. The summed E-state index contributed by atoms with van der Waals surface area (Å²) < 4.78 is 32.9. The lowest BCUT2D eigenvalue weighted by atomic mass is 10.2. The number of benzene rings is 2. The van der Waals surface area contributed by atoms with Gasteiger partial charge in [-0.05, 0) is 50.6 Å². The van der Waals surface area contributed by atoms with E-state index in [2.05, 4.69) is 5.32 Å². The Morgan fingerprint density at radius 3 is 2.55 bits per heavy atom. The Morgan fingerprint density at radius 1 is 1.21 bits per heavy atom. The summed E-state index contributed by atoms with van der Waals surface area (Å²) in [4.78, 5) is 25.1. The average molecular weight is 442 g/mol. The number of esters is 1. The molecule has 0 bridgehead atoms. The molecule has 156 valence electrons. The molecule has 1 unspecified atom stereocenters. The molecule has 0 saturated carbocycles. The number of nitrogens with one attached hydrogen (secondary N) is 1. The van der Waals surface area contributed by atoms with Crippen LogP contribution >= 0.6 is 23.4 Å². The molecule has 0 fully saturated rings. The third kappa shape index (κ3) is 6.72. The van der Waals surface area contributed by atoms with E-state index in [-0.39, 0.29) is 28.3 Å². The molecule has 0 radical (unpaired) electrons. The predicted octanol–water partition coefficient (Wildman–Crippen LogP) is 6.08. The number of ether oxygens (including phenoxy) is 1. The van der Waals surface area contributed by atoms with Crippen LogP contribution in [0.25, 0.3) is 0 Å². The molecule has 1 atom stereocenters. The molecule has 1 N–H and O–H groups in total. The summed E-state index contributed by atoms with van der Waals surface area (Å²) in [5.74, 6) is -2.35. The minimum atomic E-state index is -0.735. The van der Waals surface area contributed by atoms with Gasteiger partial charge in [0, 0.05) is 10.5 Å². The highest BCUT2D eigenvalue weighted by molar-refractivity contribution is 8.00. The lowest BCUT2D eigenvalue weighted by Gasteiger charge is -2.18. The Morgan fingerprint density at radius 2 is 1.93 bits per heavy atom. The first-order valence-electron chi connectivity index (χ1n) is 9.14. The van der Waals surface area contributed by atoms with Crippen LogP contribution in [0.2, 0.25) is 5.02 Å². The maximum Gasteiger partial charge on any atom is 0.319 e. The number of carbonyl (C=O) groups is 2. The van der Waals surface area contributed by atoms with Gasteiger partial charge in [-0.15, -0.1) is 11.8 Å². The second-order valence-electron chi connectivity index (χ2n) is 6.61. The van der Waals surface area contributed by atoms with Gasteiger partial charge in [0.25, 0.3) is 5.91 Å². The molecule has 29 heavy (non-hydrogen) atoms. The van der Waals surface area contributed by atoms with Crippen LogP contribution in [0, 0.1) is 11.6 Å². The molecule has 2 aromatic rings. The maximum absolute atomic E-state index is 14.3. The van der Waals surface area contributed by atoms with Crippen molar-refractivity contribution in [2.24, 2.45) is 0 Å². The van der Waals surface area contributed by atoms with Crippen LogP contribution < -0.4 is 5.32 Å². The molecule has 0 saturated heterocycles. The van der Waals surface area contributed by atoms with E-state index in [0.717, 1.165) is 30.3 Å². The monoisotopic (exact) mass is 441 g/mol. The summed E-state index contributed by atoms with van der Waals surface area (Å²) in [7, 11) is 0. The molecular weight excluding hydrogens is 420 g/mol. The van der Waals surface area contributed by atoms with Crippen molar-refractivity contribution in [3.63, 3.8) is 0 Å². The van der Waals surface area contributed by atoms with Gasteiger partial charge in [-0.1, -0.05) is 31.0 Å². The first-order valence-corrected chi connectivity index (χ1v) is 10.4. The van der Waals surface area contributed by atoms with Crippen molar-refractivity contribution in [3.05, 3.63) is 58.6 Å². The standard InChI is InChI=1S/C21H22ClF2NO3S/c1-4-6-18(21(27)28-12(2)3)29-19-11-17(16(24)10-15(19)22)25-20(26)13-7-5-8-14(23)9-13/h5,7-12,18H,4,6H2,1-3H3,(H,25,26). The molecule has 8 heteroatoms. The number of hydrogen-bond acceptors (Lipinski definition) is 4. The highest BCUT2D eigenvalue weighted by Crippen LogP contribution is 2.36. The number of amides is 1. The zero-order chi connectivity index (χ0) is 21.6. The van der Waals surface area contributed by atoms with Crippen LogP contribution in [0.3, 0.4) is 0 Å². The fourth-order valence-electron chi connectivity index (χ4n) is 2.49. The van der Waals surface area contributed by atoms with E-state index >= 15 is 0 Å². The molecule has 2 rings (SSSR count). The topological polar surface area (TPSA) is 55.4 Å². The number of halogens is 3. The minimum Gasteiger partial charge on any atom is -0.462 e. The van der Waals surface area contributed by atoms with Crippen molar-refractivity contribution in [2.75, 3.05) is 5.32 Å². The van der Waals surface area contributed by atoms with E-state index in [1.807, 2.05) is 6.92 Å². The largest absolute Gasteiger partial charge is 0.462 e. The summed E-state index contributed by atoms with van der Waals surface area (Å²) in [6, 6.07) is 7.50. The van der Waals surface area contributed by atoms with Gasteiger partial charge in [0.15, 0.2) is 0 Å². The van der Waals surface area contributed by atoms with Gasteiger partial charge < -0.3 is 10.1 Å². The van der Waals surface area contributed by atoms with E-state index < -0.39 is 22.8 Å². The summed E-state index contributed by atoms with van der Waals surface area (Å²) in [6.07, 6.45) is 1.04. The minimum absolute atomic E-state index is 0.0536. The van der Waals surface area contributed by atoms with Crippen LogP contribution in [0.5, 0.6) is 0 Å². The Balaban J connectivity index is 2.25. The second kappa shape index (κ2) is 10.6. The van der Waals surface area contributed by atoms with Gasteiger partial charge in [-0.25, -0.2) is 8.78 Å². The normalized spacial score (nSPS) is 12.0. The quantitative estimate of drug-likeness (QED) is 0.398. The molecule has 4 nitrogen and oxygen atoms in total. The Hall–Kier alpha value is -2.12. The summed E-state index contributed by atoms with van der Waals surface area (Å²) in [5, 5.41) is 2.02. The number of carbonyl (C=O) groups excluding carboxylic acids is 2. The fraction of sp³-hybridized carbons (Fsp3) is 0.333. The van der Waals surface area contributed by atoms with E-state index in [4.69, 9.17) is 16.3 Å². The van der Waals surface area contributed by atoms with Crippen molar-refractivity contribution in [3.8, 4) is 0 Å². The predicted molar refractivity (Wildman–Crippen MR) is 112 cm³/mol. The van der Waals surface area contributed by atoms with Crippen LogP contribution in [-0.2, 0) is 9.53 Å². The zero-order valence-electron chi connectivity index (χ0n) is 16.3. The van der Waals surface area contributed by atoms with Gasteiger partial charge in [-0.3, -0.25) is 9.59 Å². The van der Waals surface area contributed by atoms with E-state index in [1.54, 1.807) is 13.8 Å². The number of anilines is 1. The Labute approximate surface area is 178 Å². The van der Waals surface area contributed by atoms with Gasteiger partial charge >= 0.3 is 5.97 Å². The van der Waals surface area contributed by atoms with Gasteiger partial charge in [0.1, 0.15) is 16.9 Å². The van der Waals surface area contributed by atoms with E-state index in [9.17, 15) is 18.4 Å². The maximum atomic E-state index is 14.3. The third-order valence-electron chi connectivity index (χ3n) is 3.79. The van der Waals surface area contributed by atoms with Crippen molar-refractivity contribution in [1.29, 1.82) is 0 Å². The van der Waals surface area contributed by atoms with Crippen LogP contribution in [0.4, 0.5) is 14.5 Å². The highest BCUT2D eigenvalue weighted by atomic mass is 35.5. The van der Waals surface area contributed by atoms with Crippen LogP contribution in [0.1, 0.15) is 44.0 Å². The van der Waals surface area contributed by atoms with Crippen molar-refractivity contribution < 1.29 is 23.1 Å². The lowest BCUT2D eigenvalue weighted by Crippen LogP contribution is -2.23. The van der Waals surface area contributed by atoms with Gasteiger partial charge in [0.05, 0.1) is 16.8 Å². The first-order chi connectivity index (χ1) is 13.7. The van der Waals surface area contributed by atoms with Crippen LogP contribution in [-0.4, -0.2) is 23.2 Å². The molecule has 0 heterocycles. The molecule has 0 aliphatic rings. The number of hydrogen-bond donors (Lipinski definition) is 1. The zero-order valence-corrected chi connectivity index (χ0v) is 17.9. The second-order valence-corrected chi connectivity index (χ2v) is 8.26. The summed E-state index contributed by atoms with van der Waals surface area (Å²) >= 11 is 7.31. The van der Waals surface area contributed by atoms with Crippen molar-refractivity contribution >= 4 is 40.9 Å². The van der Waals surface area contributed by atoms with E-state index in [0.29, 0.717) is 11.3 Å². The molecule has 2 aromatic carbocycles. The smallest absolute Gasteiger partial charge is 0.319 e. The SMILES string of the molecule is CCCC(Sc1cc(NC(=O)c2cccc(F)c2)c(F)cc1Cl)C(=O)OC(C)C. The fourth-order valence-corrected chi connectivity index (χ4v) is 3.94.